The first-order valence-corrected chi connectivity index (χ1v) is 10.8. The Balaban J connectivity index is 2.11. The number of thiophene rings is 1. The van der Waals surface area contributed by atoms with Crippen molar-refractivity contribution in [2.75, 3.05) is 0 Å². The molecule has 2 N–H and O–H groups in total. The van der Waals surface area contributed by atoms with E-state index in [1.54, 1.807) is 11.3 Å². The minimum atomic E-state index is -4.40. The number of carbonyl (C=O) groups excluding carboxylic acids is 1. The molecule has 160 valence electrons. The molecule has 0 fully saturated rings. The maximum absolute atomic E-state index is 13.0. The molecule has 1 amide bonds. The molecular formula is C23H25F3N2OS. The number of nitrogens with two attached hydrogens (primary N) is 1. The summed E-state index contributed by atoms with van der Waals surface area (Å²) in [4.78, 5) is 13.6. The normalized spacial score (nSPS) is 11.8. The maximum atomic E-state index is 13.0. The molecule has 0 aliphatic heterocycles. The number of amides is 1. The van der Waals surface area contributed by atoms with Crippen LogP contribution in [-0.4, -0.2) is 10.5 Å². The first-order valence-electron chi connectivity index (χ1n) is 9.95. The van der Waals surface area contributed by atoms with Crippen molar-refractivity contribution in [3.8, 4) is 11.1 Å². The van der Waals surface area contributed by atoms with Crippen molar-refractivity contribution >= 4 is 17.2 Å². The van der Waals surface area contributed by atoms with Gasteiger partial charge in [0.1, 0.15) is 0 Å². The van der Waals surface area contributed by atoms with Crippen LogP contribution in [0.4, 0.5) is 13.2 Å². The van der Waals surface area contributed by atoms with Crippen LogP contribution in [0.5, 0.6) is 0 Å². The van der Waals surface area contributed by atoms with E-state index in [1.165, 1.54) is 17.0 Å². The Kier molecular flexibility index (Phi) is 6.71. The number of hydrogen-bond donors (Lipinski definition) is 1. The molecule has 0 radical (unpaired) electrons. The minimum Gasteiger partial charge on any atom is -0.366 e. The third-order valence-electron chi connectivity index (χ3n) is 5.31. The Labute approximate surface area is 178 Å². The average molecular weight is 435 g/mol. The molecule has 0 aliphatic carbocycles. The zero-order valence-electron chi connectivity index (χ0n) is 17.1. The smallest absolute Gasteiger partial charge is 0.366 e. The topological polar surface area (TPSA) is 48.0 Å². The van der Waals surface area contributed by atoms with Gasteiger partial charge in [-0.15, -0.1) is 11.3 Å². The van der Waals surface area contributed by atoms with Gasteiger partial charge < -0.3 is 10.3 Å². The molecule has 30 heavy (non-hydrogen) atoms. The van der Waals surface area contributed by atoms with E-state index in [9.17, 15) is 18.0 Å². The lowest BCUT2D eigenvalue weighted by molar-refractivity contribution is -0.137. The second-order valence-electron chi connectivity index (χ2n) is 7.31. The second kappa shape index (κ2) is 9.08. The number of primary amides is 1. The third-order valence-corrected chi connectivity index (χ3v) is 6.24. The molecule has 0 spiro atoms. The Hall–Kier alpha value is -2.54. The van der Waals surface area contributed by atoms with Crippen molar-refractivity contribution in [1.29, 1.82) is 0 Å². The highest BCUT2D eigenvalue weighted by atomic mass is 32.1. The largest absolute Gasteiger partial charge is 0.416 e. The summed E-state index contributed by atoms with van der Waals surface area (Å²) < 4.78 is 41.1. The number of halogens is 3. The highest BCUT2D eigenvalue weighted by molar-refractivity contribution is 7.09. The van der Waals surface area contributed by atoms with Crippen molar-refractivity contribution < 1.29 is 18.0 Å². The zero-order valence-corrected chi connectivity index (χ0v) is 17.9. The standard InChI is InChI=1S/C23H25F3N2OS/c1-3-4-7-19-21(16-8-10-17(11-9-16)23(24,25)26)20(22(27)29)15(2)28(19)13-12-18-6-5-14-30-18/h5-6,8-11,14H,3-4,7,12-13H2,1-2H3,(H2,27,29). The van der Waals surface area contributed by atoms with Crippen LogP contribution in [0.3, 0.4) is 0 Å². The summed E-state index contributed by atoms with van der Waals surface area (Å²) in [5, 5.41) is 2.03. The highest BCUT2D eigenvalue weighted by Gasteiger charge is 2.31. The van der Waals surface area contributed by atoms with Crippen LogP contribution >= 0.6 is 11.3 Å². The van der Waals surface area contributed by atoms with E-state index in [2.05, 4.69) is 17.6 Å². The molecule has 7 heteroatoms. The van der Waals surface area contributed by atoms with E-state index in [0.29, 0.717) is 23.2 Å². The number of alkyl halides is 3. The summed E-state index contributed by atoms with van der Waals surface area (Å²) >= 11 is 1.68. The summed E-state index contributed by atoms with van der Waals surface area (Å²) in [5.41, 5.74) is 8.37. The van der Waals surface area contributed by atoms with Crippen LogP contribution < -0.4 is 5.73 Å². The van der Waals surface area contributed by atoms with E-state index < -0.39 is 17.6 Å². The molecule has 2 heterocycles. The van der Waals surface area contributed by atoms with E-state index in [0.717, 1.165) is 49.2 Å². The van der Waals surface area contributed by atoms with Crippen LogP contribution in [0.15, 0.2) is 41.8 Å². The molecule has 0 saturated carbocycles. The molecule has 1 aromatic carbocycles. The lowest BCUT2D eigenvalue weighted by atomic mass is 9.96. The zero-order chi connectivity index (χ0) is 21.9. The van der Waals surface area contributed by atoms with Crippen LogP contribution in [0.2, 0.25) is 0 Å². The van der Waals surface area contributed by atoms with Crippen molar-refractivity contribution in [2.45, 2.75) is 52.3 Å². The molecule has 0 saturated heterocycles. The maximum Gasteiger partial charge on any atom is 0.416 e. The third kappa shape index (κ3) is 4.61. The van der Waals surface area contributed by atoms with Gasteiger partial charge >= 0.3 is 6.18 Å². The first kappa shape index (κ1) is 22.2. The van der Waals surface area contributed by atoms with Crippen LogP contribution in [0, 0.1) is 6.92 Å². The van der Waals surface area contributed by atoms with E-state index >= 15 is 0 Å². The van der Waals surface area contributed by atoms with Gasteiger partial charge in [-0.05, 0) is 55.3 Å². The van der Waals surface area contributed by atoms with Crippen molar-refractivity contribution in [1.82, 2.24) is 4.57 Å². The quantitative estimate of drug-likeness (QED) is 0.449. The fourth-order valence-electron chi connectivity index (χ4n) is 3.82. The van der Waals surface area contributed by atoms with E-state index in [-0.39, 0.29) is 0 Å². The SMILES string of the molecule is CCCCc1c(-c2ccc(C(F)(F)F)cc2)c(C(N)=O)c(C)n1CCc1cccs1. The molecule has 0 bridgehead atoms. The van der Waals surface area contributed by atoms with Gasteiger partial charge in [-0.1, -0.05) is 31.5 Å². The Morgan fingerprint density at radius 3 is 2.37 bits per heavy atom. The predicted octanol–water partition coefficient (Wildman–Crippen LogP) is 6.23. The molecule has 2 aromatic heterocycles. The van der Waals surface area contributed by atoms with Crippen molar-refractivity contribution in [2.24, 2.45) is 5.73 Å². The van der Waals surface area contributed by atoms with Crippen molar-refractivity contribution in [3.05, 3.63) is 69.2 Å². The summed E-state index contributed by atoms with van der Waals surface area (Å²) in [6, 6.07) is 9.06. The Bertz CT molecular complexity index is 1000. The van der Waals surface area contributed by atoms with Crippen LogP contribution in [-0.2, 0) is 25.6 Å². The fraction of sp³-hybridized carbons (Fsp3) is 0.348. The molecule has 0 atom stereocenters. The predicted molar refractivity (Wildman–Crippen MR) is 115 cm³/mol. The van der Waals surface area contributed by atoms with E-state index in [4.69, 9.17) is 5.73 Å². The monoisotopic (exact) mass is 434 g/mol. The van der Waals surface area contributed by atoms with Gasteiger partial charge in [0, 0.05) is 28.4 Å². The summed E-state index contributed by atoms with van der Waals surface area (Å²) in [7, 11) is 0. The highest BCUT2D eigenvalue weighted by Crippen LogP contribution is 2.36. The van der Waals surface area contributed by atoms with Gasteiger partial charge in [0.25, 0.3) is 5.91 Å². The summed E-state index contributed by atoms with van der Waals surface area (Å²) in [5.74, 6) is -0.560. The average Bonchev–Trinajstić information content (AvgIpc) is 3.30. The minimum absolute atomic E-state index is 0.395. The van der Waals surface area contributed by atoms with Crippen molar-refractivity contribution in [3.63, 3.8) is 0 Å². The van der Waals surface area contributed by atoms with Gasteiger partial charge in [-0.25, -0.2) is 0 Å². The van der Waals surface area contributed by atoms with Gasteiger partial charge in [0.2, 0.25) is 0 Å². The lowest BCUT2D eigenvalue weighted by Crippen LogP contribution is -2.14. The molecular weight excluding hydrogens is 409 g/mol. The molecule has 3 nitrogen and oxygen atoms in total. The number of nitrogens with zero attached hydrogens (tertiary/aromatic N) is 1. The molecule has 0 unspecified atom stereocenters. The lowest BCUT2D eigenvalue weighted by Gasteiger charge is -2.13. The number of hydrogen-bond acceptors (Lipinski definition) is 2. The Morgan fingerprint density at radius 1 is 1.13 bits per heavy atom. The van der Waals surface area contributed by atoms with Gasteiger partial charge in [-0.2, -0.15) is 13.2 Å². The molecule has 3 rings (SSSR count). The molecule has 0 aliphatic rings. The number of rotatable bonds is 8. The fourth-order valence-corrected chi connectivity index (χ4v) is 4.52. The van der Waals surface area contributed by atoms with E-state index in [1.807, 2.05) is 18.4 Å². The number of benzene rings is 1. The first-order chi connectivity index (χ1) is 14.2. The van der Waals surface area contributed by atoms with Gasteiger partial charge in [-0.3, -0.25) is 4.79 Å². The number of unbranched alkanes of at least 4 members (excludes halogenated alkanes) is 1. The van der Waals surface area contributed by atoms with Crippen LogP contribution in [0.25, 0.3) is 11.1 Å². The molecule has 3 aromatic rings. The Morgan fingerprint density at radius 2 is 1.83 bits per heavy atom. The summed E-state index contributed by atoms with van der Waals surface area (Å²) in [6.07, 6.45) is -0.983. The number of aromatic nitrogens is 1. The van der Waals surface area contributed by atoms with Gasteiger partial charge in [0.05, 0.1) is 11.1 Å². The van der Waals surface area contributed by atoms with Crippen LogP contribution in [0.1, 0.15) is 52.0 Å². The number of aryl methyl sites for hydroxylation is 1. The second-order valence-corrected chi connectivity index (χ2v) is 8.34. The summed E-state index contributed by atoms with van der Waals surface area (Å²) in [6.45, 7) is 4.63. The number of carbonyl (C=O) groups is 1. The van der Waals surface area contributed by atoms with Gasteiger partial charge in [0.15, 0.2) is 0 Å².